The monoisotopic (exact) mass is 384 g/mol. The molecule has 1 fully saturated rings. The van der Waals surface area contributed by atoms with Crippen molar-refractivity contribution in [2.45, 2.75) is 31.1 Å². The Bertz CT molecular complexity index is 954. The van der Waals surface area contributed by atoms with Crippen LogP contribution in [0.5, 0.6) is 0 Å². The standard InChI is InChI=1S/C21H24N2O3S/c1-16-8-10-19(11-9-16)27(25,26)22-13-4-6-18(15-22)21(24)23-14-12-17-5-2-3-7-20(17)23/h2-3,5,7-11,18H,4,6,12-15H2,1H3. The molecule has 1 saturated heterocycles. The highest BCUT2D eigenvalue weighted by atomic mass is 32.2. The Kier molecular flexibility index (Phi) is 4.78. The van der Waals surface area contributed by atoms with E-state index in [1.54, 1.807) is 24.3 Å². The van der Waals surface area contributed by atoms with Gasteiger partial charge in [-0.2, -0.15) is 4.31 Å². The summed E-state index contributed by atoms with van der Waals surface area (Å²) < 4.78 is 27.5. The van der Waals surface area contributed by atoms with E-state index in [0.29, 0.717) is 24.4 Å². The zero-order valence-electron chi connectivity index (χ0n) is 15.5. The van der Waals surface area contributed by atoms with E-state index in [2.05, 4.69) is 6.07 Å². The van der Waals surface area contributed by atoms with Crippen LogP contribution in [0.3, 0.4) is 0 Å². The second-order valence-corrected chi connectivity index (χ2v) is 9.32. The third kappa shape index (κ3) is 3.39. The average molecular weight is 385 g/mol. The Hall–Kier alpha value is -2.18. The van der Waals surface area contributed by atoms with E-state index in [1.807, 2.05) is 30.0 Å². The quantitative estimate of drug-likeness (QED) is 0.817. The van der Waals surface area contributed by atoms with Gasteiger partial charge < -0.3 is 4.90 Å². The van der Waals surface area contributed by atoms with Crippen molar-refractivity contribution in [3.8, 4) is 0 Å². The zero-order chi connectivity index (χ0) is 19.0. The molecule has 0 aromatic heterocycles. The number of aryl methyl sites for hydroxylation is 1. The first-order valence-electron chi connectivity index (χ1n) is 9.43. The van der Waals surface area contributed by atoms with Crippen molar-refractivity contribution in [1.29, 1.82) is 0 Å². The second-order valence-electron chi connectivity index (χ2n) is 7.38. The van der Waals surface area contributed by atoms with Crippen LogP contribution in [-0.2, 0) is 21.2 Å². The van der Waals surface area contributed by atoms with E-state index in [4.69, 9.17) is 0 Å². The van der Waals surface area contributed by atoms with Crippen LogP contribution in [0.2, 0.25) is 0 Å². The van der Waals surface area contributed by atoms with Crippen molar-refractivity contribution in [3.63, 3.8) is 0 Å². The molecule has 2 aliphatic heterocycles. The van der Waals surface area contributed by atoms with Gasteiger partial charge in [-0.15, -0.1) is 0 Å². The van der Waals surface area contributed by atoms with Gasteiger partial charge in [0.15, 0.2) is 0 Å². The molecule has 1 atom stereocenters. The molecule has 2 aromatic rings. The molecule has 6 heteroatoms. The lowest BCUT2D eigenvalue weighted by molar-refractivity contribution is -0.123. The number of sulfonamides is 1. The van der Waals surface area contributed by atoms with Gasteiger partial charge >= 0.3 is 0 Å². The summed E-state index contributed by atoms with van der Waals surface area (Å²) in [5, 5.41) is 0. The Balaban J connectivity index is 1.53. The maximum absolute atomic E-state index is 13.1. The summed E-state index contributed by atoms with van der Waals surface area (Å²) >= 11 is 0. The number of carbonyl (C=O) groups excluding carboxylic acids is 1. The van der Waals surface area contributed by atoms with Crippen molar-refractivity contribution in [3.05, 3.63) is 59.7 Å². The minimum Gasteiger partial charge on any atom is -0.312 e. The summed E-state index contributed by atoms with van der Waals surface area (Å²) in [6, 6.07) is 14.9. The molecule has 1 unspecified atom stereocenters. The highest BCUT2D eigenvalue weighted by molar-refractivity contribution is 7.89. The number of fused-ring (bicyclic) bond motifs is 1. The predicted molar refractivity (Wildman–Crippen MR) is 105 cm³/mol. The summed E-state index contributed by atoms with van der Waals surface area (Å²) in [4.78, 5) is 15.3. The van der Waals surface area contributed by atoms with Crippen LogP contribution in [-0.4, -0.2) is 38.3 Å². The highest BCUT2D eigenvalue weighted by Gasteiger charge is 2.36. The number of nitrogens with zero attached hydrogens (tertiary/aromatic N) is 2. The average Bonchev–Trinajstić information content (AvgIpc) is 3.12. The largest absolute Gasteiger partial charge is 0.312 e. The Labute approximate surface area is 160 Å². The fraction of sp³-hybridized carbons (Fsp3) is 0.381. The lowest BCUT2D eigenvalue weighted by atomic mass is 9.98. The van der Waals surface area contributed by atoms with E-state index in [9.17, 15) is 13.2 Å². The van der Waals surface area contributed by atoms with Crippen LogP contribution in [0.4, 0.5) is 5.69 Å². The summed E-state index contributed by atoms with van der Waals surface area (Å²) in [7, 11) is -3.57. The molecule has 0 radical (unpaired) electrons. The number of hydrogen-bond donors (Lipinski definition) is 0. The fourth-order valence-electron chi connectivity index (χ4n) is 4.01. The van der Waals surface area contributed by atoms with E-state index >= 15 is 0 Å². The topological polar surface area (TPSA) is 57.7 Å². The van der Waals surface area contributed by atoms with Crippen molar-refractivity contribution < 1.29 is 13.2 Å². The number of anilines is 1. The fourth-order valence-corrected chi connectivity index (χ4v) is 5.53. The molecule has 0 bridgehead atoms. The van der Waals surface area contributed by atoms with Gasteiger partial charge in [-0.3, -0.25) is 4.79 Å². The van der Waals surface area contributed by atoms with E-state index < -0.39 is 10.0 Å². The highest BCUT2D eigenvalue weighted by Crippen LogP contribution is 2.31. The van der Waals surface area contributed by atoms with Crippen LogP contribution >= 0.6 is 0 Å². The molecule has 27 heavy (non-hydrogen) atoms. The number of rotatable bonds is 3. The SMILES string of the molecule is Cc1ccc(S(=O)(=O)N2CCCC(C(=O)N3CCc4ccccc43)C2)cc1. The lowest BCUT2D eigenvalue weighted by Gasteiger charge is -2.33. The van der Waals surface area contributed by atoms with Gasteiger partial charge in [0.05, 0.1) is 10.8 Å². The van der Waals surface area contributed by atoms with Crippen LogP contribution in [0.25, 0.3) is 0 Å². The van der Waals surface area contributed by atoms with E-state index in [-0.39, 0.29) is 18.4 Å². The first-order chi connectivity index (χ1) is 13.0. The van der Waals surface area contributed by atoms with Crippen LogP contribution in [0.1, 0.15) is 24.0 Å². The van der Waals surface area contributed by atoms with Gasteiger partial charge in [0.1, 0.15) is 0 Å². The summed E-state index contributed by atoms with van der Waals surface area (Å²) in [5.74, 6) is -0.242. The van der Waals surface area contributed by atoms with Gasteiger partial charge in [-0.05, 0) is 49.9 Å². The van der Waals surface area contributed by atoms with Gasteiger partial charge in [-0.25, -0.2) is 8.42 Å². The summed E-state index contributed by atoms with van der Waals surface area (Å²) in [6.07, 6.45) is 2.30. The number of hydrogen-bond acceptors (Lipinski definition) is 3. The summed E-state index contributed by atoms with van der Waals surface area (Å²) in [6.45, 7) is 3.34. The molecular formula is C21H24N2O3S. The first-order valence-corrected chi connectivity index (χ1v) is 10.9. The Morgan fingerprint density at radius 2 is 1.78 bits per heavy atom. The van der Waals surface area contributed by atoms with Gasteiger partial charge in [0, 0.05) is 25.3 Å². The third-order valence-corrected chi connectivity index (χ3v) is 7.42. The zero-order valence-corrected chi connectivity index (χ0v) is 16.3. The molecule has 1 amide bonds. The van der Waals surface area contributed by atoms with Crippen molar-refractivity contribution in [1.82, 2.24) is 4.31 Å². The van der Waals surface area contributed by atoms with Crippen LogP contribution < -0.4 is 4.90 Å². The maximum Gasteiger partial charge on any atom is 0.243 e. The second kappa shape index (κ2) is 7.09. The van der Waals surface area contributed by atoms with Crippen LogP contribution in [0, 0.1) is 12.8 Å². The predicted octanol–water partition coefficient (Wildman–Crippen LogP) is 2.99. The number of piperidine rings is 1. The Morgan fingerprint density at radius 3 is 2.56 bits per heavy atom. The summed E-state index contributed by atoms with van der Waals surface area (Å²) in [5.41, 5.74) is 3.18. The first kappa shape index (κ1) is 18.2. The Morgan fingerprint density at radius 1 is 1.04 bits per heavy atom. The normalized spacial score (nSPS) is 20.5. The van der Waals surface area contributed by atoms with Crippen molar-refractivity contribution >= 4 is 21.6 Å². The lowest BCUT2D eigenvalue weighted by Crippen LogP contribution is -2.46. The number of amides is 1. The number of benzene rings is 2. The van der Waals surface area contributed by atoms with Crippen molar-refractivity contribution in [2.75, 3.05) is 24.5 Å². The van der Waals surface area contributed by atoms with Crippen LogP contribution in [0.15, 0.2) is 53.4 Å². The molecule has 0 N–H and O–H groups in total. The van der Waals surface area contributed by atoms with Crippen molar-refractivity contribution in [2.24, 2.45) is 5.92 Å². The molecule has 5 nitrogen and oxygen atoms in total. The minimum atomic E-state index is -3.57. The van der Waals surface area contributed by atoms with Gasteiger partial charge in [0.25, 0.3) is 0 Å². The molecule has 0 saturated carbocycles. The van der Waals surface area contributed by atoms with Gasteiger partial charge in [-0.1, -0.05) is 35.9 Å². The molecule has 0 aliphatic carbocycles. The number of carbonyl (C=O) groups is 1. The minimum absolute atomic E-state index is 0.0451. The molecular weight excluding hydrogens is 360 g/mol. The molecule has 142 valence electrons. The van der Waals surface area contributed by atoms with Gasteiger partial charge in [0.2, 0.25) is 15.9 Å². The third-order valence-electron chi connectivity index (χ3n) is 5.55. The smallest absolute Gasteiger partial charge is 0.243 e. The number of para-hydroxylation sites is 1. The maximum atomic E-state index is 13.1. The molecule has 2 heterocycles. The molecule has 0 spiro atoms. The molecule has 4 rings (SSSR count). The van der Waals surface area contributed by atoms with E-state index in [1.165, 1.54) is 9.87 Å². The van der Waals surface area contributed by atoms with E-state index in [0.717, 1.165) is 24.1 Å². The molecule has 2 aliphatic rings. The molecule has 2 aromatic carbocycles.